The topological polar surface area (TPSA) is 72.2 Å². The number of amides is 1. The summed E-state index contributed by atoms with van der Waals surface area (Å²) in [5, 5.41) is 18.4. The average Bonchev–Trinajstić information content (AvgIpc) is 3.06. The minimum absolute atomic E-state index is 0.00992. The molecule has 1 amide bonds. The summed E-state index contributed by atoms with van der Waals surface area (Å²) < 4.78 is 1.77. The number of hydrogen-bond acceptors (Lipinski definition) is 4. The molecule has 4 rings (SSSR count). The van der Waals surface area contributed by atoms with Gasteiger partial charge in [-0.2, -0.15) is 9.61 Å². The molecule has 0 unspecified atom stereocenters. The molecule has 2 aromatic heterocycles. The molecule has 130 valence electrons. The Morgan fingerprint density at radius 3 is 2.69 bits per heavy atom. The summed E-state index contributed by atoms with van der Waals surface area (Å²) in [7, 11) is 0. The fourth-order valence-corrected chi connectivity index (χ4v) is 3.11. The largest absolute Gasteiger partial charge is 0.326 e. The van der Waals surface area contributed by atoms with E-state index in [9.17, 15) is 4.79 Å². The van der Waals surface area contributed by atoms with Crippen LogP contribution in [-0.4, -0.2) is 25.7 Å². The summed E-state index contributed by atoms with van der Waals surface area (Å²) in [6.45, 7) is 3.96. The third-order valence-corrected chi connectivity index (χ3v) is 4.33. The Morgan fingerprint density at radius 1 is 1.08 bits per heavy atom. The van der Waals surface area contributed by atoms with E-state index in [4.69, 9.17) is 0 Å². The molecule has 4 aromatic rings. The lowest BCUT2D eigenvalue weighted by Gasteiger charge is -2.07. The molecule has 0 saturated heterocycles. The Bertz CT molecular complexity index is 1120. The van der Waals surface area contributed by atoms with E-state index >= 15 is 0 Å². The van der Waals surface area contributed by atoms with Gasteiger partial charge >= 0.3 is 0 Å². The van der Waals surface area contributed by atoms with Crippen molar-refractivity contribution in [2.24, 2.45) is 0 Å². The van der Waals surface area contributed by atoms with Gasteiger partial charge in [0.05, 0.1) is 5.69 Å². The van der Waals surface area contributed by atoms with Gasteiger partial charge < -0.3 is 5.32 Å². The minimum Gasteiger partial charge on any atom is -0.326 e. The molecule has 1 N–H and O–H groups in total. The standard InChI is InChI=1S/C20H19N5O/c1-3-7-18(26)21-15-9-6-8-14(12-15)19-22-23-20-17-11-5-4-10-16(17)13(2)24-25(19)20/h4-6,8-12H,3,7H2,1-2H3,(H,21,26). The van der Waals surface area contributed by atoms with Crippen molar-refractivity contribution >= 4 is 28.0 Å². The molecule has 0 saturated carbocycles. The highest BCUT2D eigenvalue weighted by Gasteiger charge is 2.14. The number of rotatable bonds is 4. The van der Waals surface area contributed by atoms with Gasteiger partial charge in [0, 0.05) is 28.4 Å². The van der Waals surface area contributed by atoms with Crippen LogP contribution in [0.25, 0.3) is 27.8 Å². The van der Waals surface area contributed by atoms with Gasteiger partial charge in [-0.05, 0) is 25.5 Å². The quantitative estimate of drug-likeness (QED) is 0.607. The third-order valence-electron chi connectivity index (χ3n) is 4.33. The van der Waals surface area contributed by atoms with Crippen LogP contribution < -0.4 is 5.32 Å². The van der Waals surface area contributed by atoms with Crippen molar-refractivity contribution in [3.05, 3.63) is 54.2 Å². The summed E-state index contributed by atoms with van der Waals surface area (Å²) >= 11 is 0. The lowest BCUT2D eigenvalue weighted by molar-refractivity contribution is -0.116. The van der Waals surface area contributed by atoms with Crippen molar-refractivity contribution in [1.29, 1.82) is 0 Å². The average molecular weight is 345 g/mol. The van der Waals surface area contributed by atoms with Crippen LogP contribution in [0.2, 0.25) is 0 Å². The summed E-state index contributed by atoms with van der Waals surface area (Å²) in [5.41, 5.74) is 3.24. The highest BCUT2D eigenvalue weighted by atomic mass is 16.1. The molecular weight excluding hydrogens is 326 g/mol. The molecule has 26 heavy (non-hydrogen) atoms. The Morgan fingerprint density at radius 2 is 1.88 bits per heavy atom. The van der Waals surface area contributed by atoms with Gasteiger partial charge in [0.1, 0.15) is 0 Å². The number of carbonyl (C=O) groups excluding carboxylic acids is 1. The fourth-order valence-electron chi connectivity index (χ4n) is 3.11. The van der Waals surface area contributed by atoms with E-state index in [-0.39, 0.29) is 5.91 Å². The Kier molecular flexibility index (Phi) is 4.08. The number of hydrogen-bond donors (Lipinski definition) is 1. The molecule has 0 fully saturated rings. The minimum atomic E-state index is 0.00992. The SMILES string of the molecule is CCCC(=O)Nc1cccc(-c2nnc3c4ccccc4c(C)nn23)c1. The van der Waals surface area contributed by atoms with E-state index in [1.165, 1.54) is 0 Å². The molecule has 6 nitrogen and oxygen atoms in total. The van der Waals surface area contributed by atoms with E-state index in [0.29, 0.717) is 12.2 Å². The first kappa shape index (κ1) is 16.2. The second kappa shape index (κ2) is 6.55. The molecule has 0 aliphatic heterocycles. The maximum Gasteiger partial charge on any atom is 0.224 e. The lowest BCUT2D eigenvalue weighted by atomic mass is 10.1. The van der Waals surface area contributed by atoms with Crippen molar-refractivity contribution in [3.63, 3.8) is 0 Å². The number of nitrogens with zero attached hydrogens (tertiary/aromatic N) is 4. The Balaban J connectivity index is 1.81. The van der Waals surface area contributed by atoms with Crippen molar-refractivity contribution in [2.75, 3.05) is 5.32 Å². The number of carbonyl (C=O) groups is 1. The Labute approximate surface area is 150 Å². The number of benzene rings is 2. The number of aryl methyl sites for hydroxylation is 1. The first-order valence-corrected chi connectivity index (χ1v) is 8.68. The Hall–Kier alpha value is -3.28. The number of nitrogens with one attached hydrogen (secondary N) is 1. The normalized spacial score (nSPS) is 11.2. The maximum atomic E-state index is 11.9. The van der Waals surface area contributed by atoms with Gasteiger partial charge in [0.2, 0.25) is 5.91 Å². The van der Waals surface area contributed by atoms with Crippen LogP contribution in [0.1, 0.15) is 25.5 Å². The van der Waals surface area contributed by atoms with Crippen LogP contribution in [-0.2, 0) is 4.79 Å². The summed E-state index contributed by atoms with van der Waals surface area (Å²) in [5.74, 6) is 0.663. The van der Waals surface area contributed by atoms with Crippen LogP contribution >= 0.6 is 0 Å². The first-order valence-electron chi connectivity index (χ1n) is 8.68. The van der Waals surface area contributed by atoms with Gasteiger partial charge in [-0.15, -0.1) is 10.2 Å². The van der Waals surface area contributed by atoms with Gasteiger partial charge in [-0.3, -0.25) is 4.79 Å². The van der Waals surface area contributed by atoms with Crippen LogP contribution in [0.3, 0.4) is 0 Å². The molecule has 0 bridgehead atoms. The van der Waals surface area contributed by atoms with Crippen molar-refractivity contribution in [3.8, 4) is 11.4 Å². The van der Waals surface area contributed by atoms with Crippen LogP contribution in [0.4, 0.5) is 5.69 Å². The zero-order valence-corrected chi connectivity index (χ0v) is 14.7. The van der Waals surface area contributed by atoms with Gasteiger partial charge in [-0.25, -0.2) is 0 Å². The van der Waals surface area contributed by atoms with E-state index in [1.54, 1.807) is 4.52 Å². The number of anilines is 1. The molecule has 0 spiro atoms. The molecule has 0 atom stereocenters. The molecule has 0 aliphatic rings. The second-order valence-corrected chi connectivity index (χ2v) is 6.27. The lowest BCUT2D eigenvalue weighted by Crippen LogP contribution is -2.10. The summed E-state index contributed by atoms with van der Waals surface area (Å²) in [6.07, 6.45) is 1.32. The second-order valence-electron chi connectivity index (χ2n) is 6.27. The molecule has 0 radical (unpaired) electrons. The third kappa shape index (κ3) is 2.79. The van der Waals surface area contributed by atoms with Crippen molar-refractivity contribution < 1.29 is 4.79 Å². The molecular formula is C20H19N5O. The molecule has 6 heteroatoms. The van der Waals surface area contributed by atoms with Crippen LogP contribution in [0.5, 0.6) is 0 Å². The smallest absolute Gasteiger partial charge is 0.224 e. The van der Waals surface area contributed by atoms with Crippen LogP contribution in [0.15, 0.2) is 48.5 Å². The first-order chi connectivity index (χ1) is 12.7. The zero-order chi connectivity index (χ0) is 18.1. The molecule has 0 aliphatic carbocycles. The van der Waals surface area contributed by atoms with Gasteiger partial charge in [-0.1, -0.05) is 43.3 Å². The maximum absolute atomic E-state index is 11.9. The van der Waals surface area contributed by atoms with Crippen LogP contribution in [0, 0.1) is 6.92 Å². The zero-order valence-electron chi connectivity index (χ0n) is 14.7. The fraction of sp³-hybridized carbons (Fsp3) is 0.200. The van der Waals surface area contributed by atoms with Crippen molar-refractivity contribution in [2.45, 2.75) is 26.7 Å². The molecule has 2 heterocycles. The summed E-state index contributed by atoms with van der Waals surface area (Å²) in [4.78, 5) is 11.9. The van der Waals surface area contributed by atoms with E-state index in [1.807, 2.05) is 62.4 Å². The highest BCUT2D eigenvalue weighted by Crippen LogP contribution is 2.26. The highest BCUT2D eigenvalue weighted by molar-refractivity contribution is 5.95. The van der Waals surface area contributed by atoms with Crippen molar-refractivity contribution in [1.82, 2.24) is 19.8 Å². The van der Waals surface area contributed by atoms with Gasteiger partial charge in [0.15, 0.2) is 11.5 Å². The van der Waals surface area contributed by atoms with E-state index < -0.39 is 0 Å². The van der Waals surface area contributed by atoms with Gasteiger partial charge in [0.25, 0.3) is 0 Å². The number of fused-ring (bicyclic) bond motifs is 3. The monoisotopic (exact) mass is 345 g/mol. The van der Waals surface area contributed by atoms with E-state index in [0.717, 1.165) is 39.8 Å². The number of aromatic nitrogens is 4. The summed E-state index contributed by atoms with van der Waals surface area (Å²) in [6, 6.07) is 15.6. The predicted octanol–water partition coefficient (Wildman–Crippen LogP) is 3.99. The predicted molar refractivity (Wildman–Crippen MR) is 102 cm³/mol. The molecule has 2 aromatic carbocycles. The van der Waals surface area contributed by atoms with E-state index in [2.05, 4.69) is 20.6 Å².